The van der Waals surface area contributed by atoms with Crippen LogP contribution in [-0.4, -0.2) is 20.8 Å². The molecular weight excluding hydrogens is 206 g/mol. The molecule has 1 aromatic carbocycles. The van der Waals surface area contributed by atoms with Gasteiger partial charge in [0.1, 0.15) is 6.33 Å². The number of hydrogen-bond donors (Lipinski definition) is 1. The normalized spacial score (nSPS) is 10.1. The van der Waals surface area contributed by atoms with Gasteiger partial charge in [-0.1, -0.05) is 18.2 Å². The quantitative estimate of drug-likeness (QED) is 0.816. The van der Waals surface area contributed by atoms with Crippen molar-refractivity contribution >= 4 is 17.7 Å². The molecule has 0 unspecified atom stereocenters. The Morgan fingerprint density at radius 3 is 2.56 bits per heavy atom. The summed E-state index contributed by atoms with van der Waals surface area (Å²) in [6, 6.07) is 8.46. The molecule has 0 saturated carbocycles. The summed E-state index contributed by atoms with van der Waals surface area (Å²) >= 11 is 0. The number of aromatic nitrogens is 3. The average Bonchev–Trinajstić information content (AvgIpc) is 2.66. The van der Waals surface area contributed by atoms with Crippen LogP contribution in [0.2, 0.25) is 0 Å². The van der Waals surface area contributed by atoms with Gasteiger partial charge in [0, 0.05) is 7.05 Å². The molecular formula is C10H11N5O. The van der Waals surface area contributed by atoms with Crippen molar-refractivity contribution in [1.29, 1.82) is 0 Å². The fourth-order valence-corrected chi connectivity index (χ4v) is 1.41. The first kappa shape index (κ1) is 10.2. The number of carbonyl (C=O) groups excluding carboxylic acids is 1. The van der Waals surface area contributed by atoms with E-state index >= 15 is 0 Å². The second kappa shape index (κ2) is 4.01. The number of primary amides is 1. The molecule has 2 amide bonds. The van der Waals surface area contributed by atoms with E-state index in [0.29, 0.717) is 11.6 Å². The summed E-state index contributed by atoms with van der Waals surface area (Å²) < 4.78 is 1.48. The van der Waals surface area contributed by atoms with Gasteiger partial charge in [-0.25, -0.2) is 14.4 Å². The van der Waals surface area contributed by atoms with E-state index in [0.717, 1.165) is 0 Å². The number of aryl methyl sites for hydroxylation is 1. The van der Waals surface area contributed by atoms with Crippen LogP contribution < -0.4 is 10.6 Å². The lowest BCUT2D eigenvalue weighted by molar-refractivity contribution is 0.255. The lowest BCUT2D eigenvalue weighted by Crippen LogP contribution is -2.33. The Bertz CT molecular complexity index is 493. The number of anilines is 2. The number of amides is 2. The number of para-hydroxylation sites is 1. The summed E-state index contributed by atoms with van der Waals surface area (Å²) in [5.41, 5.74) is 5.99. The molecule has 0 bridgehead atoms. The van der Waals surface area contributed by atoms with Crippen molar-refractivity contribution < 1.29 is 4.79 Å². The zero-order chi connectivity index (χ0) is 11.5. The number of rotatable bonds is 2. The zero-order valence-electron chi connectivity index (χ0n) is 8.74. The lowest BCUT2D eigenvalue weighted by atomic mass is 10.3. The number of carbonyl (C=O) groups is 1. The van der Waals surface area contributed by atoms with Crippen molar-refractivity contribution in [1.82, 2.24) is 14.8 Å². The summed E-state index contributed by atoms with van der Waals surface area (Å²) in [5.74, 6) is 0.388. The molecule has 0 spiro atoms. The van der Waals surface area contributed by atoms with Crippen LogP contribution in [0.25, 0.3) is 0 Å². The second-order valence-electron chi connectivity index (χ2n) is 3.19. The van der Waals surface area contributed by atoms with E-state index in [9.17, 15) is 4.79 Å². The third-order valence-corrected chi connectivity index (χ3v) is 2.12. The summed E-state index contributed by atoms with van der Waals surface area (Å²) in [4.78, 5) is 16.7. The molecule has 82 valence electrons. The number of nitrogens with zero attached hydrogens (tertiary/aromatic N) is 4. The first-order valence-corrected chi connectivity index (χ1v) is 4.69. The van der Waals surface area contributed by atoms with E-state index in [1.54, 1.807) is 19.2 Å². The number of hydrogen-bond acceptors (Lipinski definition) is 3. The maximum absolute atomic E-state index is 11.4. The molecule has 1 heterocycles. The Kier molecular flexibility index (Phi) is 2.55. The van der Waals surface area contributed by atoms with Crippen LogP contribution in [0.4, 0.5) is 16.4 Å². The molecule has 0 atom stereocenters. The Morgan fingerprint density at radius 2 is 2.06 bits per heavy atom. The van der Waals surface area contributed by atoms with Crippen LogP contribution in [0.3, 0.4) is 0 Å². The molecule has 16 heavy (non-hydrogen) atoms. The highest BCUT2D eigenvalue weighted by atomic mass is 16.2. The monoisotopic (exact) mass is 217 g/mol. The molecule has 2 aromatic rings. The minimum Gasteiger partial charge on any atom is -0.351 e. The van der Waals surface area contributed by atoms with Crippen molar-refractivity contribution in [3.8, 4) is 0 Å². The van der Waals surface area contributed by atoms with Gasteiger partial charge in [0.15, 0.2) is 0 Å². The summed E-state index contributed by atoms with van der Waals surface area (Å²) in [6.07, 6.45) is 1.37. The minimum absolute atomic E-state index is 0.388. The van der Waals surface area contributed by atoms with Gasteiger partial charge in [-0.3, -0.25) is 0 Å². The maximum Gasteiger partial charge on any atom is 0.326 e. The van der Waals surface area contributed by atoms with Crippen LogP contribution in [0.15, 0.2) is 36.7 Å². The van der Waals surface area contributed by atoms with Crippen LogP contribution in [-0.2, 0) is 7.05 Å². The predicted octanol–water partition coefficient (Wildman–Crippen LogP) is 1.03. The Hall–Kier alpha value is -2.37. The molecule has 1 aromatic heterocycles. The molecule has 2 rings (SSSR count). The average molecular weight is 217 g/mol. The number of urea groups is 1. The van der Waals surface area contributed by atoms with Crippen molar-refractivity contribution in [3.63, 3.8) is 0 Å². The SMILES string of the molecule is Cn1ncnc1N(C(N)=O)c1ccccc1. The van der Waals surface area contributed by atoms with Gasteiger partial charge in [0.05, 0.1) is 5.69 Å². The first-order chi connectivity index (χ1) is 7.70. The minimum atomic E-state index is -0.595. The maximum atomic E-state index is 11.4. The van der Waals surface area contributed by atoms with Gasteiger partial charge in [0.2, 0.25) is 5.95 Å². The Labute approximate surface area is 92.3 Å². The fourth-order valence-electron chi connectivity index (χ4n) is 1.41. The summed E-state index contributed by atoms with van der Waals surface area (Å²) in [5, 5.41) is 3.90. The highest BCUT2D eigenvalue weighted by Crippen LogP contribution is 2.21. The van der Waals surface area contributed by atoms with Crippen LogP contribution in [0, 0.1) is 0 Å². The van der Waals surface area contributed by atoms with Crippen molar-refractivity contribution in [2.24, 2.45) is 12.8 Å². The fraction of sp³-hybridized carbons (Fsp3) is 0.100. The van der Waals surface area contributed by atoms with Crippen LogP contribution in [0.5, 0.6) is 0 Å². The molecule has 6 nitrogen and oxygen atoms in total. The smallest absolute Gasteiger partial charge is 0.326 e. The van der Waals surface area contributed by atoms with Crippen LogP contribution in [0.1, 0.15) is 0 Å². The van der Waals surface area contributed by atoms with E-state index in [1.807, 2.05) is 18.2 Å². The number of nitrogens with two attached hydrogens (primary N) is 1. The van der Waals surface area contributed by atoms with E-state index in [1.165, 1.54) is 15.9 Å². The highest BCUT2D eigenvalue weighted by molar-refractivity contribution is 5.96. The van der Waals surface area contributed by atoms with Crippen LogP contribution >= 0.6 is 0 Å². The largest absolute Gasteiger partial charge is 0.351 e. The van der Waals surface area contributed by atoms with Gasteiger partial charge in [-0.05, 0) is 12.1 Å². The molecule has 0 fully saturated rings. The Balaban J connectivity index is 2.48. The van der Waals surface area contributed by atoms with Gasteiger partial charge in [-0.2, -0.15) is 10.1 Å². The third kappa shape index (κ3) is 1.72. The molecule has 0 saturated heterocycles. The molecule has 2 N–H and O–H groups in total. The number of benzene rings is 1. The lowest BCUT2D eigenvalue weighted by Gasteiger charge is -2.18. The third-order valence-electron chi connectivity index (χ3n) is 2.12. The van der Waals surface area contributed by atoms with Gasteiger partial charge < -0.3 is 5.73 Å². The van der Waals surface area contributed by atoms with E-state index < -0.39 is 6.03 Å². The first-order valence-electron chi connectivity index (χ1n) is 4.69. The second-order valence-corrected chi connectivity index (χ2v) is 3.19. The molecule has 0 radical (unpaired) electrons. The molecule has 6 heteroatoms. The van der Waals surface area contributed by atoms with E-state index in [-0.39, 0.29) is 0 Å². The van der Waals surface area contributed by atoms with Crippen molar-refractivity contribution in [2.75, 3.05) is 4.90 Å². The van der Waals surface area contributed by atoms with E-state index in [2.05, 4.69) is 10.1 Å². The topological polar surface area (TPSA) is 77.0 Å². The Morgan fingerprint density at radius 1 is 1.38 bits per heavy atom. The molecule has 0 aliphatic heterocycles. The highest BCUT2D eigenvalue weighted by Gasteiger charge is 2.18. The van der Waals surface area contributed by atoms with Gasteiger partial charge in [0.25, 0.3) is 0 Å². The standard InChI is InChI=1S/C10H11N5O/c1-14-10(12-7-13-14)15(9(11)16)8-5-3-2-4-6-8/h2-7H,1H3,(H2,11,16). The molecule has 0 aliphatic carbocycles. The predicted molar refractivity (Wildman–Crippen MR) is 59.2 cm³/mol. The van der Waals surface area contributed by atoms with Gasteiger partial charge >= 0.3 is 6.03 Å². The van der Waals surface area contributed by atoms with Crippen molar-refractivity contribution in [2.45, 2.75) is 0 Å². The zero-order valence-corrected chi connectivity index (χ0v) is 8.74. The van der Waals surface area contributed by atoms with E-state index in [4.69, 9.17) is 5.73 Å². The summed E-state index contributed by atoms with van der Waals surface area (Å²) in [6.45, 7) is 0. The summed E-state index contributed by atoms with van der Waals surface area (Å²) in [7, 11) is 1.70. The van der Waals surface area contributed by atoms with Crippen molar-refractivity contribution in [3.05, 3.63) is 36.7 Å². The van der Waals surface area contributed by atoms with Gasteiger partial charge in [-0.15, -0.1) is 0 Å². The molecule has 0 aliphatic rings.